The first-order valence-corrected chi connectivity index (χ1v) is 11.0. The molecular formula is C27H21FN4O3. The van der Waals surface area contributed by atoms with E-state index >= 15 is 0 Å². The molecule has 0 aliphatic heterocycles. The molecule has 0 spiro atoms. The molecule has 0 unspecified atom stereocenters. The van der Waals surface area contributed by atoms with Gasteiger partial charge in [0.1, 0.15) is 18.2 Å². The van der Waals surface area contributed by atoms with Gasteiger partial charge >= 0.3 is 5.69 Å². The summed E-state index contributed by atoms with van der Waals surface area (Å²) < 4.78 is 21.7. The largest absolute Gasteiger partial charge is 0.489 e. The van der Waals surface area contributed by atoms with Crippen LogP contribution in [0.3, 0.4) is 0 Å². The Morgan fingerprint density at radius 2 is 1.74 bits per heavy atom. The van der Waals surface area contributed by atoms with Crippen molar-refractivity contribution in [1.29, 1.82) is 0 Å². The second-order valence-corrected chi connectivity index (χ2v) is 7.97. The van der Waals surface area contributed by atoms with Crippen LogP contribution < -0.4 is 15.7 Å². The van der Waals surface area contributed by atoms with Crippen molar-refractivity contribution in [2.24, 2.45) is 0 Å². The third-order valence-corrected chi connectivity index (χ3v) is 5.42. The van der Waals surface area contributed by atoms with Gasteiger partial charge in [-0.1, -0.05) is 36.4 Å². The van der Waals surface area contributed by atoms with Gasteiger partial charge in [0.25, 0.3) is 5.91 Å². The van der Waals surface area contributed by atoms with Crippen LogP contribution in [0.25, 0.3) is 5.65 Å². The molecular weight excluding hydrogens is 447 g/mol. The molecule has 0 atom stereocenters. The van der Waals surface area contributed by atoms with E-state index in [1.165, 1.54) is 21.2 Å². The van der Waals surface area contributed by atoms with Gasteiger partial charge in [0.15, 0.2) is 5.65 Å². The Hall–Kier alpha value is -4.72. The number of amides is 1. The lowest BCUT2D eigenvalue weighted by atomic mass is 10.1. The van der Waals surface area contributed by atoms with Gasteiger partial charge in [0, 0.05) is 17.4 Å². The molecule has 0 saturated carbocycles. The van der Waals surface area contributed by atoms with E-state index in [-0.39, 0.29) is 30.6 Å². The molecule has 2 heterocycles. The van der Waals surface area contributed by atoms with Gasteiger partial charge in [-0.2, -0.15) is 0 Å². The second kappa shape index (κ2) is 9.64. The van der Waals surface area contributed by atoms with E-state index < -0.39 is 0 Å². The number of carbonyl (C=O) groups excluding carboxylic acids is 1. The van der Waals surface area contributed by atoms with E-state index in [0.29, 0.717) is 22.6 Å². The third-order valence-electron chi connectivity index (χ3n) is 5.42. The minimum atomic E-state index is -0.304. The fourth-order valence-electron chi connectivity index (χ4n) is 3.67. The zero-order valence-corrected chi connectivity index (χ0v) is 18.6. The molecule has 5 rings (SSSR count). The third kappa shape index (κ3) is 5.11. The molecule has 0 aliphatic rings. The topological polar surface area (TPSA) is 77.6 Å². The molecule has 1 amide bonds. The summed E-state index contributed by atoms with van der Waals surface area (Å²) in [5.74, 6) is -0.0666. The molecule has 0 radical (unpaired) electrons. The molecule has 1 N–H and O–H groups in total. The number of aromatic nitrogens is 3. The van der Waals surface area contributed by atoms with Gasteiger partial charge in [-0.25, -0.2) is 13.9 Å². The molecule has 0 aliphatic carbocycles. The number of anilines is 1. The van der Waals surface area contributed by atoms with E-state index in [1.807, 2.05) is 24.3 Å². The normalized spacial score (nSPS) is 10.9. The number of nitrogens with zero attached hydrogens (tertiary/aromatic N) is 3. The van der Waals surface area contributed by atoms with Crippen LogP contribution in [0.15, 0.2) is 102 Å². The maximum Gasteiger partial charge on any atom is 0.350 e. The van der Waals surface area contributed by atoms with Crippen LogP contribution in [0.2, 0.25) is 0 Å². The number of ether oxygens (including phenoxy) is 1. The van der Waals surface area contributed by atoms with Gasteiger partial charge in [-0.3, -0.25) is 9.20 Å². The molecule has 5 aromatic rings. The number of hydrogen-bond donors (Lipinski definition) is 1. The highest BCUT2D eigenvalue weighted by atomic mass is 19.1. The fraction of sp³-hybridized carbons (Fsp3) is 0.0741. The van der Waals surface area contributed by atoms with Gasteiger partial charge in [0.2, 0.25) is 0 Å². The lowest BCUT2D eigenvalue weighted by Gasteiger charge is -2.10. The Morgan fingerprint density at radius 3 is 2.57 bits per heavy atom. The van der Waals surface area contributed by atoms with Gasteiger partial charge in [0.05, 0.1) is 6.54 Å². The molecule has 7 nitrogen and oxygen atoms in total. The van der Waals surface area contributed by atoms with Crippen LogP contribution in [-0.4, -0.2) is 20.1 Å². The number of carbonyl (C=O) groups is 1. The minimum absolute atomic E-state index is 0.229. The summed E-state index contributed by atoms with van der Waals surface area (Å²) in [6.45, 7) is 0.534. The molecule has 0 bridgehead atoms. The van der Waals surface area contributed by atoms with Crippen molar-refractivity contribution in [3.63, 3.8) is 0 Å². The molecule has 174 valence electrons. The summed E-state index contributed by atoms with van der Waals surface area (Å²) in [5.41, 5.74) is 3.02. The van der Waals surface area contributed by atoms with Crippen molar-refractivity contribution in [2.45, 2.75) is 13.2 Å². The summed E-state index contributed by atoms with van der Waals surface area (Å²) in [6, 6.07) is 25.5. The number of pyridine rings is 1. The number of fused-ring (bicyclic) bond motifs is 1. The molecule has 0 fully saturated rings. The van der Waals surface area contributed by atoms with E-state index in [9.17, 15) is 14.0 Å². The molecule has 3 aromatic carbocycles. The average Bonchev–Trinajstić information content (AvgIpc) is 3.19. The number of hydrogen-bond acceptors (Lipinski definition) is 4. The number of nitrogens with one attached hydrogen (secondary N) is 1. The van der Waals surface area contributed by atoms with Crippen LogP contribution in [0.4, 0.5) is 10.1 Å². The Kier molecular flexibility index (Phi) is 6.09. The van der Waals surface area contributed by atoms with Gasteiger partial charge < -0.3 is 10.1 Å². The first-order valence-electron chi connectivity index (χ1n) is 11.0. The Balaban J connectivity index is 1.26. The molecule has 8 heteroatoms. The van der Waals surface area contributed by atoms with Crippen LogP contribution >= 0.6 is 0 Å². The number of benzene rings is 3. The Labute approximate surface area is 200 Å². The maximum atomic E-state index is 13.1. The zero-order chi connectivity index (χ0) is 24.2. The van der Waals surface area contributed by atoms with Crippen LogP contribution in [-0.2, 0) is 13.2 Å². The van der Waals surface area contributed by atoms with Crippen molar-refractivity contribution in [3.8, 4) is 5.75 Å². The first kappa shape index (κ1) is 22.1. The van der Waals surface area contributed by atoms with E-state index in [4.69, 9.17) is 4.74 Å². The summed E-state index contributed by atoms with van der Waals surface area (Å²) in [6.07, 6.45) is 1.68. The van der Waals surface area contributed by atoms with Crippen molar-refractivity contribution >= 4 is 17.2 Å². The lowest BCUT2D eigenvalue weighted by molar-refractivity contribution is 0.102. The van der Waals surface area contributed by atoms with Crippen LogP contribution in [0.5, 0.6) is 5.75 Å². The summed E-state index contributed by atoms with van der Waals surface area (Å²) in [7, 11) is 0. The summed E-state index contributed by atoms with van der Waals surface area (Å²) in [4.78, 5) is 25.4. The van der Waals surface area contributed by atoms with E-state index in [2.05, 4.69) is 10.4 Å². The highest BCUT2D eigenvalue weighted by molar-refractivity contribution is 6.04. The Morgan fingerprint density at radius 1 is 0.914 bits per heavy atom. The Bertz CT molecular complexity index is 1560. The number of rotatable bonds is 7. The van der Waals surface area contributed by atoms with E-state index in [1.54, 1.807) is 60.8 Å². The summed E-state index contributed by atoms with van der Waals surface area (Å²) >= 11 is 0. The predicted molar refractivity (Wildman–Crippen MR) is 130 cm³/mol. The standard InChI is InChI=1S/C27H21FN4O3/c28-22-12-10-19(11-13-22)18-35-24-8-4-6-21(16-24)26(33)29-23-7-3-5-20(15-23)17-32-27(34)31-14-2-1-9-25(31)30-32/h1-16H,17-18H2,(H,29,33). The average molecular weight is 468 g/mol. The SMILES string of the molecule is O=C(Nc1cccc(Cn2nc3ccccn3c2=O)c1)c1cccc(OCc2ccc(F)cc2)c1. The minimum Gasteiger partial charge on any atom is -0.489 e. The highest BCUT2D eigenvalue weighted by Crippen LogP contribution is 2.18. The van der Waals surface area contributed by atoms with Crippen molar-refractivity contribution in [1.82, 2.24) is 14.2 Å². The molecule has 0 saturated heterocycles. The van der Waals surface area contributed by atoms with Crippen LogP contribution in [0.1, 0.15) is 21.5 Å². The van der Waals surface area contributed by atoms with Crippen molar-refractivity contribution < 1.29 is 13.9 Å². The number of halogens is 1. The summed E-state index contributed by atoms with van der Waals surface area (Å²) in [5, 5.41) is 7.23. The maximum absolute atomic E-state index is 13.1. The van der Waals surface area contributed by atoms with Gasteiger partial charge in [-0.05, 0) is 65.7 Å². The highest BCUT2D eigenvalue weighted by Gasteiger charge is 2.10. The van der Waals surface area contributed by atoms with Crippen molar-refractivity contribution in [3.05, 3.63) is 130 Å². The smallest absolute Gasteiger partial charge is 0.350 e. The second-order valence-electron chi connectivity index (χ2n) is 7.97. The fourth-order valence-corrected chi connectivity index (χ4v) is 3.67. The molecule has 2 aromatic heterocycles. The van der Waals surface area contributed by atoms with Crippen LogP contribution in [0, 0.1) is 5.82 Å². The monoisotopic (exact) mass is 468 g/mol. The molecule has 35 heavy (non-hydrogen) atoms. The zero-order valence-electron chi connectivity index (χ0n) is 18.6. The predicted octanol–water partition coefficient (Wildman–Crippen LogP) is 4.51. The quantitative estimate of drug-likeness (QED) is 0.381. The lowest BCUT2D eigenvalue weighted by Crippen LogP contribution is -2.21. The van der Waals surface area contributed by atoms with E-state index in [0.717, 1.165) is 11.1 Å². The first-order chi connectivity index (χ1) is 17.0. The van der Waals surface area contributed by atoms with Crippen molar-refractivity contribution in [2.75, 3.05) is 5.32 Å². The van der Waals surface area contributed by atoms with Gasteiger partial charge in [-0.15, -0.1) is 5.10 Å².